The fraction of sp³-hybridized carbons (Fsp3) is 0.143. The van der Waals surface area contributed by atoms with Crippen LogP contribution in [0.25, 0.3) is 11.0 Å². The summed E-state index contributed by atoms with van der Waals surface area (Å²) in [6, 6.07) is 14.8. The van der Waals surface area contributed by atoms with Gasteiger partial charge in [-0.25, -0.2) is 14.8 Å². The molecule has 0 radical (unpaired) electrons. The fourth-order valence-corrected chi connectivity index (χ4v) is 3.79. The standard InChI is InChI=1S/C21H16ClN5O3/c1-2-30-19(29)14-11-23-20-25-21-24-15-5-3-4-6-16(15)26(21)17(27(20)18(14)28)12-7-9-13(22)10-8-12/h3-11,17H,2H2,1H3,(H,23,24,25). The van der Waals surface area contributed by atoms with Gasteiger partial charge in [0.2, 0.25) is 11.9 Å². The van der Waals surface area contributed by atoms with E-state index in [9.17, 15) is 9.59 Å². The number of carbonyl (C=O) groups excluding carboxylic acids is 1. The molecule has 0 aliphatic carbocycles. The number of fused-ring (bicyclic) bond motifs is 4. The Balaban J connectivity index is 1.81. The molecule has 0 bridgehead atoms. The number of rotatable bonds is 3. The average molecular weight is 422 g/mol. The molecule has 5 rings (SSSR count). The van der Waals surface area contributed by atoms with Gasteiger partial charge in [-0.2, -0.15) is 0 Å². The lowest BCUT2D eigenvalue weighted by Crippen LogP contribution is -2.39. The minimum Gasteiger partial charge on any atom is -0.462 e. The van der Waals surface area contributed by atoms with Crippen LogP contribution in [0.1, 0.15) is 29.0 Å². The van der Waals surface area contributed by atoms with Crippen molar-refractivity contribution in [3.05, 3.63) is 81.2 Å². The molecule has 0 fully saturated rings. The van der Waals surface area contributed by atoms with E-state index < -0.39 is 17.7 Å². The van der Waals surface area contributed by atoms with Crippen molar-refractivity contribution < 1.29 is 9.53 Å². The summed E-state index contributed by atoms with van der Waals surface area (Å²) in [6.07, 6.45) is 0.617. The summed E-state index contributed by atoms with van der Waals surface area (Å²) in [6.45, 7) is 1.85. The first-order chi connectivity index (χ1) is 14.6. The Morgan fingerprint density at radius 3 is 2.67 bits per heavy atom. The molecule has 30 heavy (non-hydrogen) atoms. The molecule has 1 N–H and O–H groups in total. The minimum atomic E-state index is -0.707. The number of aromatic nitrogens is 4. The van der Waals surface area contributed by atoms with Gasteiger partial charge in [-0.1, -0.05) is 35.9 Å². The van der Waals surface area contributed by atoms with E-state index in [0.717, 1.165) is 16.6 Å². The highest BCUT2D eigenvalue weighted by molar-refractivity contribution is 6.30. The molecular formula is C21H16ClN5O3. The molecular weight excluding hydrogens is 406 g/mol. The van der Waals surface area contributed by atoms with Gasteiger partial charge >= 0.3 is 5.97 Å². The number of imidazole rings is 1. The first-order valence-corrected chi connectivity index (χ1v) is 9.74. The first-order valence-electron chi connectivity index (χ1n) is 9.36. The maximum absolute atomic E-state index is 13.4. The average Bonchev–Trinajstić information content (AvgIpc) is 3.11. The number of nitrogens with one attached hydrogen (secondary N) is 1. The van der Waals surface area contributed by atoms with Crippen LogP contribution in [0.5, 0.6) is 0 Å². The molecule has 9 heteroatoms. The van der Waals surface area contributed by atoms with Gasteiger partial charge in [0.25, 0.3) is 5.56 Å². The number of nitrogens with zero attached hydrogens (tertiary/aromatic N) is 4. The monoisotopic (exact) mass is 421 g/mol. The Hall–Kier alpha value is -3.65. The Labute approximate surface area is 175 Å². The van der Waals surface area contributed by atoms with Crippen LogP contribution in [-0.2, 0) is 4.74 Å². The van der Waals surface area contributed by atoms with Crippen LogP contribution in [0.4, 0.5) is 11.9 Å². The van der Waals surface area contributed by atoms with Gasteiger partial charge in [0.1, 0.15) is 11.7 Å². The van der Waals surface area contributed by atoms with E-state index in [2.05, 4.69) is 15.3 Å². The maximum Gasteiger partial charge on any atom is 0.345 e. The second-order valence-electron chi connectivity index (χ2n) is 6.74. The van der Waals surface area contributed by atoms with Gasteiger partial charge in [0.15, 0.2) is 0 Å². The summed E-state index contributed by atoms with van der Waals surface area (Å²) in [5.41, 5.74) is 1.75. The number of hydrogen-bond donors (Lipinski definition) is 1. The topological polar surface area (TPSA) is 91.0 Å². The summed E-state index contributed by atoms with van der Waals surface area (Å²) in [5.74, 6) is 0.129. The number of esters is 1. The Kier molecular flexibility index (Phi) is 4.29. The zero-order chi connectivity index (χ0) is 20.8. The van der Waals surface area contributed by atoms with Crippen molar-refractivity contribution in [2.24, 2.45) is 0 Å². The van der Waals surface area contributed by atoms with Crippen molar-refractivity contribution in [1.29, 1.82) is 0 Å². The minimum absolute atomic E-state index is 0.130. The molecule has 0 spiro atoms. The molecule has 2 aromatic carbocycles. The maximum atomic E-state index is 13.4. The van der Waals surface area contributed by atoms with E-state index in [1.807, 2.05) is 41.0 Å². The summed E-state index contributed by atoms with van der Waals surface area (Å²) < 4.78 is 8.38. The van der Waals surface area contributed by atoms with E-state index in [1.54, 1.807) is 19.1 Å². The zero-order valence-electron chi connectivity index (χ0n) is 15.9. The van der Waals surface area contributed by atoms with Crippen LogP contribution in [0.15, 0.2) is 59.5 Å². The number of ether oxygens (including phenoxy) is 1. The van der Waals surface area contributed by atoms with Crippen molar-refractivity contribution in [2.45, 2.75) is 13.1 Å². The van der Waals surface area contributed by atoms with Gasteiger partial charge in [-0.3, -0.25) is 19.2 Å². The third kappa shape index (κ3) is 2.76. The predicted octanol–water partition coefficient (Wildman–Crippen LogP) is 3.58. The number of benzene rings is 2. The first kappa shape index (κ1) is 18.4. The lowest BCUT2D eigenvalue weighted by atomic mass is 10.1. The zero-order valence-corrected chi connectivity index (χ0v) is 16.6. The SMILES string of the molecule is CCOC(=O)c1cnc2n(c1=O)C(c1ccc(Cl)cc1)n1c(nc3ccccc31)N2. The Morgan fingerprint density at radius 2 is 1.90 bits per heavy atom. The van der Waals surface area contributed by atoms with Crippen LogP contribution < -0.4 is 10.9 Å². The van der Waals surface area contributed by atoms with Crippen molar-refractivity contribution in [3.63, 3.8) is 0 Å². The van der Waals surface area contributed by atoms with Crippen molar-refractivity contribution >= 4 is 40.5 Å². The van der Waals surface area contributed by atoms with Crippen LogP contribution in [0.2, 0.25) is 5.02 Å². The summed E-state index contributed by atoms with van der Waals surface area (Å²) in [7, 11) is 0. The van der Waals surface area contributed by atoms with Gasteiger partial charge in [0, 0.05) is 5.02 Å². The smallest absolute Gasteiger partial charge is 0.345 e. The fourth-order valence-electron chi connectivity index (χ4n) is 3.67. The van der Waals surface area contributed by atoms with Gasteiger partial charge in [0.05, 0.1) is 23.8 Å². The second-order valence-corrected chi connectivity index (χ2v) is 7.17. The van der Waals surface area contributed by atoms with E-state index in [4.69, 9.17) is 16.3 Å². The number of anilines is 2. The van der Waals surface area contributed by atoms with Gasteiger partial charge in [-0.05, 0) is 36.8 Å². The number of carbonyl (C=O) groups is 1. The molecule has 1 unspecified atom stereocenters. The number of halogens is 1. The molecule has 0 saturated heterocycles. The van der Waals surface area contributed by atoms with E-state index in [-0.39, 0.29) is 18.1 Å². The summed E-state index contributed by atoms with van der Waals surface area (Å²) in [5, 5.41) is 3.68. The molecule has 1 aliphatic rings. The number of hydrogen-bond acceptors (Lipinski definition) is 6. The molecule has 4 aromatic rings. The highest BCUT2D eigenvalue weighted by atomic mass is 35.5. The van der Waals surface area contributed by atoms with Crippen molar-refractivity contribution in [3.8, 4) is 0 Å². The quantitative estimate of drug-likeness (QED) is 0.448. The Morgan fingerprint density at radius 1 is 1.13 bits per heavy atom. The van der Waals surface area contributed by atoms with Crippen LogP contribution in [0.3, 0.4) is 0 Å². The highest BCUT2D eigenvalue weighted by Gasteiger charge is 2.32. The molecule has 150 valence electrons. The summed E-state index contributed by atoms with van der Waals surface area (Å²) in [4.78, 5) is 34.6. The van der Waals surface area contributed by atoms with Gasteiger partial charge < -0.3 is 4.74 Å². The lowest BCUT2D eigenvalue weighted by Gasteiger charge is -2.30. The molecule has 0 amide bonds. The molecule has 3 heterocycles. The van der Waals surface area contributed by atoms with E-state index in [0.29, 0.717) is 11.0 Å². The normalized spacial score (nSPS) is 14.7. The molecule has 1 aliphatic heterocycles. The third-order valence-electron chi connectivity index (χ3n) is 4.97. The van der Waals surface area contributed by atoms with Gasteiger partial charge in [-0.15, -0.1) is 0 Å². The molecule has 0 saturated carbocycles. The largest absolute Gasteiger partial charge is 0.462 e. The molecule has 1 atom stereocenters. The molecule has 2 aromatic heterocycles. The van der Waals surface area contributed by atoms with Crippen LogP contribution in [-0.4, -0.2) is 31.7 Å². The molecule has 8 nitrogen and oxygen atoms in total. The van der Waals surface area contributed by atoms with E-state index >= 15 is 0 Å². The highest BCUT2D eigenvalue weighted by Crippen LogP contribution is 2.35. The van der Waals surface area contributed by atoms with E-state index in [1.165, 1.54) is 10.8 Å². The lowest BCUT2D eigenvalue weighted by molar-refractivity contribution is 0.0522. The number of para-hydroxylation sites is 2. The van der Waals surface area contributed by atoms with Crippen LogP contribution >= 0.6 is 11.6 Å². The second kappa shape index (κ2) is 7.00. The third-order valence-corrected chi connectivity index (χ3v) is 5.22. The summed E-state index contributed by atoms with van der Waals surface area (Å²) >= 11 is 6.08. The Bertz CT molecular complexity index is 1340. The van der Waals surface area contributed by atoms with Crippen LogP contribution in [0, 0.1) is 0 Å². The predicted molar refractivity (Wildman–Crippen MR) is 112 cm³/mol. The van der Waals surface area contributed by atoms with Crippen molar-refractivity contribution in [1.82, 2.24) is 19.1 Å². The van der Waals surface area contributed by atoms with Crippen molar-refractivity contribution in [2.75, 3.05) is 11.9 Å².